The van der Waals surface area contributed by atoms with Gasteiger partial charge >= 0.3 is 0 Å². The average molecular weight is 398 g/mol. The summed E-state index contributed by atoms with van der Waals surface area (Å²) in [5.41, 5.74) is 5.97. The summed E-state index contributed by atoms with van der Waals surface area (Å²) in [4.78, 5) is 23.8. The van der Waals surface area contributed by atoms with Crippen molar-refractivity contribution in [1.82, 2.24) is 20.2 Å². The molecule has 3 aromatic heterocycles. The van der Waals surface area contributed by atoms with E-state index in [4.69, 9.17) is 0 Å². The van der Waals surface area contributed by atoms with Crippen molar-refractivity contribution in [1.29, 1.82) is 0 Å². The van der Waals surface area contributed by atoms with Crippen molar-refractivity contribution in [2.75, 3.05) is 23.3 Å². The van der Waals surface area contributed by atoms with Crippen LogP contribution in [0.1, 0.15) is 28.9 Å². The second-order valence-corrected chi connectivity index (χ2v) is 7.66. The Kier molecular flexibility index (Phi) is 4.63. The van der Waals surface area contributed by atoms with Crippen LogP contribution in [0.2, 0.25) is 0 Å². The third-order valence-electron chi connectivity index (χ3n) is 5.44. The minimum absolute atomic E-state index is 0.269. The summed E-state index contributed by atoms with van der Waals surface area (Å²) in [6.45, 7) is 4.08. The molecule has 1 aromatic carbocycles. The third-order valence-corrected chi connectivity index (χ3v) is 5.44. The molecule has 4 aromatic rings. The number of H-pyrrole nitrogens is 1. The number of anilines is 2. The highest BCUT2D eigenvalue weighted by atomic mass is 16.1. The number of hydrogen-bond donors (Lipinski definition) is 2. The molecule has 0 atom stereocenters. The lowest BCUT2D eigenvalue weighted by Crippen LogP contribution is -2.17. The normalized spacial score (nSPS) is 13.7. The molecule has 1 fully saturated rings. The zero-order chi connectivity index (χ0) is 20.5. The molecule has 2 N–H and O–H groups in total. The SMILES string of the molecule is Cc1cncc(NC(=O)c2n[nH]c3ccc(-c4cncc(N5CCCC5)c4)cc23)c1. The lowest BCUT2D eigenvalue weighted by molar-refractivity contribution is 0.102. The van der Waals surface area contributed by atoms with Crippen molar-refractivity contribution < 1.29 is 4.79 Å². The fraction of sp³-hybridized carbons (Fsp3) is 0.217. The molecular formula is C23H22N6O. The Labute approximate surface area is 174 Å². The number of rotatable bonds is 4. The van der Waals surface area contributed by atoms with Gasteiger partial charge in [-0.3, -0.25) is 19.9 Å². The van der Waals surface area contributed by atoms with Gasteiger partial charge in [0, 0.05) is 36.4 Å². The molecule has 150 valence electrons. The van der Waals surface area contributed by atoms with Gasteiger partial charge in [0.2, 0.25) is 0 Å². The van der Waals surface area contributed by atoms with E-state index in [1.54, 1.807) is 12.4 Å². The summed E-state index contributed by atoms with van der Waals surface area (Å²) in [5.74, 6) is -0.269. The molecule has 1 saturated heterocycles. The summed E-state index contributed by atoms with van der Waals surface area (Å²) in [7, 11) is 0. The van der Waals surface area contributed by atoms with Crippen molar-refractivity contribution >= 4 is 28.2 Å². The van der Waals surface area contributed by atoms with E-state index in [2.05, 4.69) is 36.4 Å². The molecule has 30 heavy (non-hydrogen) atoms. The van der Waals surface area contributed by atoms with Crippen LogP contribution in [0, 0.1) is 6.92 Å². The smallest absolute Gasteiger partial charge is 0.276 e. The van der Waals surface area contributed by atoms with Gasteiger partial charge in [-0.25, -0.2) is 0 Å². The van der Waals surface area contributed by atoms with Gasteiger partial charge in [0.25, 0.3) is 5.91 Å². The van der Waals surface area contributed by atoms with Crippen LogP contribution in [0.25, 0.3) is 22.0 Å². The van der Waals surface area contributed by atoms with Gasteiger partial charge in [0.05, 0.1) is 29.3 Å². The maximum atomic E-state index is 12.8. The van der Waals surface area contributed by atoms with Gasteiger partial charge in [0.1, 0.15) is 0 Å². The molecule has 7 nitrogen and oxygen atoms in total. The number of aryl methyl sites for hydroxylation is 1. The second-order valence-electron chi connectivity index (χ2n) is 7.66. The van der Waals surface area contributed by atoms with E-state index in [1.165, 1.54) is 12.8 Å². The predicted octanol–water partition coefficient (Wildman–Crippen LogP) is 4.18. The maximum absolute atomic E-state index is 12.8. The molecule has 7 heteroatoms. The van der Waals surface area contributed by atoms with Crippen molar-refractivity contribution in [3.8, 4) is 11.1 Å². The Balaban J connectivity index is 1.47. The van der Waals surface area contributed by atoms with Crippen LogP contribution in [0.3, 0.4) is 0 Å². The van der Waals surface area contributed by atoms with E-state index < -0.39 is 0 Å². The van der Waals surface area contributed by atoms with E-state index in [1.807, 2.05) is 43.6 Å². The first-order valence-electron chi connectivity index (χ1n) is 10.1. The summed E-state index contributed by atoms with van der Waals surface area (Å²) in [6.07, 6.45) is 9.59. The molecule has 0 radical (unpaired) electrons. The standard InChI is InChI=1S/C23H22N6O/c1-15-8-18(13-24-11-15)26-23(30)22-20-10-16(4-5-21(20)27-28-22)17-9-19(14-25-12-17)29-6-2-3-7-29/h4-5,8-14H,2-3,6-7H2,1H3,(H,26,30)(H,27,28). The van der Waals surface area contributed by atoms with E-state index in [0.29, 0.717) is 11.4 Å². The highest BCUT2D eigenvalue weighted by Crippen LogP contribution is 2.29. The molecule has 0 unspecified atom stereocenters. The van der Waals surface area contributed by atoms with Crippen molar-refractivity contribution in [3.63, 3.8) is 0 Å². The molecule has 4 heterocycles. The fourth-order valence-electron chi connectivity index (χ4n) is 3.91. The fourth-order valence-corrected chi connectivity index (χ4v) is 3.91. The van der Waals surface area contributed by atoms with E-state index in [0.717, 1.165) is 46.4 Å². The highest BCUT2D eigenvalue weighted by Gasteiger charge is 2.17. The van der Waals surface area contributed by atoms with E-state index >= 15 is 0 Å². The maximum Gasteiger partial charge on any atom is 0.276 e. The quantitative estimate of drug-likeness (QED) is 0.538. The molecular weight excluding hydrogens is 376 g/mol. The molecule has 1 aliphatic heterocycles. The molecule has 0 bridgehead atoms. The van der Waals surface area contributed by atoms with E-state index in [9.17, 15) is 4.79 Å². The summed E-state index contributed by atoms with van der Waals surface area (Å²) in [5, 5.41) is 10.9. The number of benzene rings is 1. The molecule has 0 saturated carbocycles. The first-order valence-corrected chi connectivity index (χ1v) is 10.1. The Bertz CT molecular complexity index is 1230. The number of hydrogen-bond acceptors (Lipinski definition) is 5. The first kappa shape index (κ1) is 18.3. The number of carbonyl (C=O) groups excluding carboxylic acids is 1. The minimum atomic E-state index is -0.269. The van der Waals surface area contributed by atoms with Crippen LogP contribution < -0.4 is 10.2 Å². The second kappa shape index (κ2) is 7.59. The molecule has 0 spiro atoms. The Morgan fingerprint density at radius 1 is 1.00 bits per heavy atom. The number of nitrogens with zero attached hydrogens (tertiary/aromatic N) is 4. The number of aromatic amines is 1. The van der Waals surface area contributed by atoms with Gasteiger partial charge in [-0.15, -0.1) is 0 Å². The summed E-state index contributed by atoms with van der Waals surface area (Å²) < 4.78 is 0. The Hall–Kier alpha value is -3.74. The molecule has 0 aliphatic carbocycles. The lowest BCUT2D eigenvalue weighted by atomic mass is 10.0. The van der Waals surface area contributed by atoms with Gasteiger partial charge in [0.15, 0.2) is 5.69 Å². The summed E-state index contributed by atoms with van der Waals surface area (Å²) in [6, 6.07) is 10.0. The van der Waals surface area contributed by atoms with Crippen LogP contribution in [0.15, 0.2) is 55.1 Å². The molecule has 1 amide bonds. The van der Waals surface area contributed by atoms with Gasteiger partial charge in [-0.2, -0.15) is 5.10 Å². The third kappa shape index (κ3) is 3.50. The van der Waals surface area contributed by atoms with Crippen LogP contribution in [-0.2, 0) is 0 Å². The van der Waals surface area contributed by atoms with Crippen molar-refractivity contribution in [3.05, 3.63) is 66.4 Å². The number of fused-ring (bicyclic) bond motifs is 1. The topological polar surface area (TPSA) is 86.8 Å². The lowest BCUT2D eigenvalue weighted by Gasteiger charge is -2.17. The highest BCUT2D eigenvalue weighted by molar-refractivity contribution is 6.11. The minimum Gasteiger partial charge on any atom is -0.370 e. The number of pyridine rings is 2. The van der Waals surface area contributed by atoms with Crippen LogP contribution in [0.4, 0.5) is 11.4 Å². The monoisotopic (exact) mass is 398 g/mol. The predicted molar refractivity (Wildman–Crippen MR) is 118 cm³/mol. The number of aromatic nitrogens is 4. The zero-order valence-electron chi connectivity index (χ0n) is 16.7. The van der Waals surface area contributed by atoms with Crippen molar-refractivity contribution in [2.45, 2.75) is 19.8 Å². The van der Waals surface area contributed by atoms with Crippen LogP contribution in [-0.4, -0.2) is 39.2 Å². The average Bonchev–Trinajstić information content (AvgIpc) is 3.43. The Morgan fingerprint density at radius 3 is 2.67 bits per heavy atom. The number of amides is 1. The van der Waals surface area contributed by atoms with E-state index in [-0.39, 0.29) is 5.91 Å². The largest absolute Gasteiger partial charge is 0.370 e. The van der Waals surface area contributed by atoms with Gasteiger partial charge in [-0.05, 0) is 55.2 Å². The summed E-state index contributed by atoms with van der Waals surface area (Å²) >= 11 is 0. The Morgan fingerprint density at radius 2 is 1.83 bits per heavy atom. The van der Waals surface area contributed by atoms with Crippen molar-refractivity contribution in [2.24, 2.45) is 0 Å². The molecule has 1 aliphatic rings. The zero-order valence-corrected chi connectivity index (χ0v) is 16.7. The van der Waals surface area contributed by atoms with Gasteiger partial charge < -0.3 is 10.2 Å². The molecule has 5 rings (SSSR count). The van der Waals surface area contributed by atoms with Gasteiger partial charge in [-0.1, -0.05) is 6.07 Å². The first-order chi connectivity index (χ1) is 14.7. The number of carbonyl (C=O) groups is 1. The van der Waals surface area contributed by atoms with Crippen LogP contribution >= 0.6 is 0 Å². The number of nitrogens with one attached hydrogen (secondary N) is 2. The van der Waals surface area contributed by atoms with Crippen LogP contribution in [0.5, 0.6) is 0 Å².